The topological polar surface area (TPSA) is 72.2 Å². The SMILES string of the molecule is NC1CCC(CNC2CCCS2(=O)=O)CC1. The molecule has 4 nitrogen and oxygen atoms in total. The van der Waals surface area contributed by atoms with Crippen molar-refractivity contribution in [3.05, 3.63) is 0 Å². The van der Waals surface area contributed by atoms with Crippen LogP contribution in [0.4, 0.5) is 0 Å². The Kier molecular flexibility index (Phi) is 3.87. The Balaban J connectivity index is 1.75. The van der Waals surface area contributed by atoms with Gasteiger partial charge in [-0.2, -0.15) is 0 Å². The summed E-state index contributed by atoms with van der Waals surface area (Å²) in [6.45, 7) is 0.844. The van der Waals surface area contributed by atoms with Crippen LogP contribution in [0.3, 0.4) is 0 Å². The molecule has 0 radical (unpaired) electrons. The number of nitrogens with two attached hydrogens (primary N) is 1. The lowest BCUT2D eigenvalue weighted by Gasteiger charge is -2.27. The number of hydrogen-bond donors (Lipinski definition) is 2. The van der Waals surface area contributed by atoms with Crippen molar-refractivity contribution >= 4 is 9.84 Å². The van der Waals surface area contributed by atoms with Crippen molar-refractivity contribution in [1.29, 1.82) is 0 Å². The molecule has 0 spiro atoms. The molecule has 1 heterocycles. The summed E-state index contributed by atoms with van der Waals surface area (Å²) in [6.07, 6.45) is 6.06. The van der Waals surface area contributed by atoms with Crippen molar-refractivity contribution in [2.24, 2.45) is 11.7 Å². The van der Waals surface area contributed by atoms with Crippen LogP contribution < -0.4 is 11.1 Å². The maximum absolute atomic E-state index is 11.6. The molecule has 0 aromatic rings. The maximum atomic E-state index is 11.6. The standard InChI is InChI=1S/C11H22N2O2S/c12-10-5-3-9(4-6-10)8-13-11-2-1-7-16(11,14)15/h9-11,13H,1-8,12H2. The first-order valence-corrected chi connectivity index (χ1v) is 8.00. The highest BCUT2D eigenvalue weighted by atomic mass is 32.2. The van der Waals surface area contributed by atoms with Gasteiger partial charge in [0.05, 0.1) is 5.75 Å². The smallest absolute Gasteiger partial charge is 0.166 e. The zero-order chi connectivity index (χ0) is 11.6. The van der Waals surface area contributed by atoms with E-state index in [4.69, 9.17) is 5.73 Å². The normalized spacial score (nSPS) is 38.7. The summed E-state index contributed by atoms with van der Waals surface area (Å²) in [7, 11) is -2.83. The van der Waals surface area contributed by atoms with Gasteiger partial charge in [-0.3, -0.25) is 0 Å². The maximum Gasteiger partial charge on any atom is 0.166 e. The first-order valence-electron chi connectivity index (χ1n) is 6.28. The summed E-state index contributed by atoms with van der Waals surface area (Å²) >= 11 is 0. The lowest BCUT2D eigenvalue weighted by Crippen LogP contribution is -2.38. The molecule has 1 aliphatic carbocycles. The van der Waals surface area contributed by atoms with E-state index >= 15 is 0 Å². The fourth-order valence-corrected chi connectivity index (χ4v) is 4.44. The van der Waals surface area contributed by atoms with E-state index in [1.807, 2.05) is 0 Å². The van der Waals surface area contributed by atoms with Crippen molar-refractivity contribution in [3.8, 4) is 0 Å². The van der Waals surface area contributed by atoms with Gasteiger partial charge in [0.25, 0.3) is 0 Å². The van der Waals surface area contributed by atoms with E-state index in [0.717, 1.165) is 45.1 Å². The molecular weight excluding hydrogens is 224 g/mol. The monoisotopic (exact) mass is 246 g/mol. The van der Waals surface area contributed by atoms with Gasteiger partial charge in [0.2, 0.25) is 0 Å². The third-order valence-corrected chi connectivity index (χ3v) is 5.98. The Morgan fingerprint density at radius 3 is 2.38 bits per heavy atom. The Morgan fingerprint density at radius 2 is 1.81 bits per heavy atom. The number of hydrogen-bond acceptors (Lipinski definition) is 4. The van der Waals surface area contributed by atoms with Gasteiger partial charge in [-0.25, -0.2) is 8.42 Å². The zero-order valence-corrected chi connectivity index (χ0v) is 10.5. The third kappa shape index (κ3) is 2.96. The minimum atomic E-state index is -2.83. The Hall–Kier alpha value is -0.130. The van der Waals surface area contributed by atoms with Crippen molar-refractivity contribution < 1.29 is 8.42 Å². The van der Waals surface area contributed by atoms with Crippen LogP contribution in [0.2, 0.25) is 0 Å². The molecular formula is C11H22N2O2S. The van der Waals surface area contributed by atoms with E-state index in [1.54, 1.807) is 0 Å². The van der Waals surface area contributed by atoms with Crippen LogP contribution in [0, 0.1) is 5.92 Å². The van der Waals surface area contributed by atoms with Crippen LogP contribution in [0.5, 0.6) is 0 Å². The van der Waals surface area contributed by atoms with Gasteiger partial charge in [0.1, 0.15) is 5.37 Å². The van der Waals surface area contributed by atoms with Gasteiger partial charge < -0.3 is 11.1 Å². The molecule has 1 saturated heterocycles. The molecule has 0 amide bonds. The van der Waals surface area contributed by atoms with E-state index in [-0.39, 0.29) is 5.37 Å². The fraction of sp³-hybridized carbons (Fsp3) is 1.00. The van der Waals surface area contributed by atoms with Gasteiger partial charge in [0, 0.05) is 6.04 Å². The number of sulfone groups is 1. The van der Waals surface area contributed by atoms with E-state index in [9.17, 15) is 8.42 Å². The van der Waals surface area contributed by atoms with Gasteiger partial charge >= 0.3 is 0 Å². The number of nitrogens with one attached hydrogen (secondary N) is 1. The number of rotatable bonds is 3. The molecule has 1 saturated carbocycles. The molecule has 0 aromatic carbocycles. The zero-order valence-electron chi connectivity index (χ0n) is 9.69. The first-order chi connectivity index (χ1) is 7.58. The fourth-order valence-electron chi connectivity index (χ4n) is 2.71. The van der Waals surface area contributed by atoms with Crippen LogP contribution >= 0.6 is 0 Å². The molecule has 2 aliphatic rings. The highest BCUT2D eigenvalue weighted by molar-refractivity contribution is 7.92. The molecule has 0 bridgehead atoms. The highest BCUT2D eigenvalue weighted by Crippen LogP contribution is 2.24. The van der Waals surface area contributed by atoms with Crippen LogP contribution in [0.1, 0.15) is 38.5 Å². The summed E-state index contributed by atoms with van der Waals surface area (Å²) < 4.78 is 23.2. The molecule has 16 heavy (non-hydrogen) atoms. The Bertz CT molecular complexity index is 321. The molecule has 1 atom stereocenters. The summed E-state index contributed by atoms with van der Waals surface area (Å²) in [6, 6.07) is 0.367. The molecule has 2 fully saturated rings. The lowest BCUT2D eigenvalue weighted by molar-refractivity contribution is 0.311. The summed E-state index contributed by atoms with van der Waals surface area (Å²) in [5.41, 5.74) is 5.84. The second kappa shape index (κ2) is 5.02. The lowest BCUT2D eigenvalue weighted by atomic mass is 9.86. The average molecular weight is 246 g/mol. The molecule has 2 rings (SSSR count). The van der Waals surface area contributed by atoms with Crippen molar-refractivity contribution in [2.45, 2.75) is 49.9 Å². The van der Waals surface area contributed by atoms with E-state index < -0.39 is 9.84 Å². The van der Waals surface area contributed by atoms with Crippen molar-refractivity contribution in [3.63, 3.8) is 0 Å². The summed E-state index contributed by atoms with van der Waals surface area (Å²) in [4.78, 5) is 0. The second-order valence-electron chi connectivity index (χ2n) is 5.19. The van der Waals surface area contributed by atoms with Crippen LogP contribution in [0.25, 0.3) is 0 Å². The predicted molar refractivity (Wildman–Crippen MR) is 64.7 cm³/mol. The van der Waals surface area contributed by atoms with Gasteiger partial charge in [-0.15, -0.1) is 0 Å². The Morgan fingerprint density at radius 1 is 1.12 bits per heavy atom. The largest absolute Gasteiger partial charge is 0.328 e. The van der Waals surface area contributed by atoms with Crippen LogP contribution in [0.15, 0.2) is 0 Å². The van der Waals surface area contributed by atoms with Crippen molar-refractivity contribution in [1.82, 2.24) is 5.32 Å². The molecule has 1 aliphatic heterocycles. The first kappa shape index (κ1) is 12.3. The van der Waals surface area contributed by atoms with Gasteiger partial charge in [-0.1, -0.05) is 0 Å². The average Bonchev–Trinajstić information content (AvgIpc) is 2.57. The molecule has 1 unspecified atom stereocenters. The van der Waals surface area contributed by atoms with Gasteiger partial charge in [-0.05, 0) is 51.0 Å². The minimum absolute atomic E-state index is 0.275. The molecule has 0 aromatic heterocycles. The predicted octanol–water partition coefficient (Wildman–Crippen LogP) is 0.628. The van der Waals surface area contributed by atoms with Crippen molar-refractivity contribution in [2.75, 3.05) is 12.3 Å². The Labute approximate surface area is 97.9 Å². The minimum Gasteiger partial charge on any atom is -0.328 e. The van der Waals surface area contributed by atoms with Gasteiger partial charge in [0.15, 0.2) is 9.84 Å². The molecule has 3 N–H and O–H groups in total. The van der Waals surface area contributed by atoms with E-state index in [2.05, 4.69) is 5.32 Å². The van der Waals surface area contributed by atoms with E-state index in [0.29, 0.717) is 17.7 Å². The quantitative estimate of drug-likeness (QED) is 0.766. The van der Waals surface area contributed by atoms with Crippen LogP contribution in [-0.4, -0.2) is 32.1 Å². The van der Waals surface area contributed by atoms with E-state index in [1.165, 1.54) is 0 Å². The van der Waals surface area contributed by atoms with Crippen LogP contribution in [-0.2, 0) is 9.84 Å². The summed E-state index contributed by atoms with van der Waals surface area (Å²) in [5.74, 6) is 0.982. The third-order valence-electron chi connectivity index (χ3n) is 3.85. The highest BCUT2D eigenvalue weighted by Gasteiger charge is 2.31. The molecule has 94 valence electrons. The summed E-state index contributed by atoms with van der Waals surface area (Å²) in [5, 5.41) is 2.95. The second-order valence-corrected chi connectivity index (χ2v) is 7.49. The molecule has 5 heteroatoms.